The van der Waals surface area contributed by atoms with Crippen molar-refractivity contribution in [1.29, 1.82) is 0 Å². The molecule has 160 valence electrons. The van der Waals surface area contributed by atoms with Crippen molar-refractivity contribution in [1.82, 2.24) is 34.8 Å². The Kier molecular flexibility index (Phi) is 4.61. The number of hydrogen-bond acceptors (Lipinski definition) is 6. The summed E-state index contributed by atoms with van der Waals surface area (Å²) in [4.78, 5) is 26.3. The molecule has 1 aromatic carbocycles. The number of urea groups is 1. The van der Waals surface area contributed by atoms with Crippen LogP contribution < -0.4 is 15.8 Å². The second kappa shape index (κ2) is 7.46. The molecule has 3 aromatic heterocycles. The molecule has 0 saturated carbocycles. The molecule has 31 heavy (non-hydrogen) atoms. The van der Waals surface area contributed by atoms with Crippen molar-refractivity contribution in [3.63, 3.8) is 0 Å². The van der Waals surface area contributed by atoms with E-state index in [0.29, 0.717) is 30.1 Å². The fourth-order valence-electron chi connectivity index (χ4n) is 4.35. The lowest BCUT2D eigenvalue weighted by Crippen LogP contribution is -2.42. The maximum absolute atomic E-state index is 11.9. The van der Waals surface area contributed by atoms with Gasteiger partial charge in [0.25, 0.3) is 0 Å². The molecule has 1 aliphatic heterocycles. The van der Waals surface area contributed by atoms with Gasteiger partial charge in [0, 0.05) is 31.4 Å². The largest absolute Gasteiger partial charge is 0.495 e. The van der Waals surface area contributed by atoms with E-state index in [4.69, 9.17) is 15.5 Å². The number of nitrogens with zero attached hydrogens (tertiary/aromatic N) is 5. The van der Waals surface area contributed by atoms with E-state index < -0.39 is 0 Å². The van der Waals surface area contributed by atoms with E-state index in [9.17, 15) is 4.79 Å². The Bertz CT molecular complexity index is 1270. The van der Waals surface area contributed by atoms with Gasteiger partial charge < -0.3 is 25.7 Å². The number of hydrogen-bond donors (Lipinski definition) is 3. The minimum absolute atomic E-state index is 0.0503. The Morgan fingerprint density at radius 2 is 2.13 bits per heavy atom. The number of imidazole rings is 1. The zero-order valence-corrected chi connectivity index (χ0v) is 17.4. The van der Waals surface area contributed by atoms with Gasteiger partial charge in [0.2, 0.25) is 0 Å². The van der Waals surface area contributed by atoms with E-state index >= 15 is 0 Å². The van der Waals surface area contributed by atoms with E-state index in [1.165, 1.54) is 6.33 Å². The molecule has 0 atom stereocenters. The first kappa shape index (κ1) is 19.2. The third-order valence-electron chi connectivity index (χ3n) is 5.94. The summed E-state index contributed by atoms with van der Waals surface area (Å²) in [6.45, 7) is 1.33. The fourth-order valence-corrected chi connectivity index (χ4v) is 4.35. The van der Waals surface area contributed by atoms with Crippen molar-refractivity contribution in [3.8, 4) is 17.1 Å². The lowest BCUT2D eigenvalue weighted by molar-refractivity contribution is 0.182. The molecular formula is C21H24N8O2. The number of nitrogen functional groups attached to an aromatic ring is 1. The Morgan fingerprint density at radius 3 is 2.87 bits per heavy atom. The fraction of sp³-hybridized carbons (Fsp3) is 0.333. The molecular weight excluding hydrogens is 396 g/mol. The quantitative estimate of drug-likeness (QED) is 0.467. The molecule has 1 fully saturated rings. The van der Waals surface area contributed by atoms with Crippen molar-refractivity contribution >= 4 is 28.3 Å². The molecule has 0 unspecified atom stereocenters. The van der Waals surface area contributed by atoms with Gasteiger partial charge in [0.15, 0.2) is 5.82 Å². The van der Waals surface area contributed by atoms with Crippen LogP contribution in [0, 0.1) is 0 Å². The number of nitrogens with one attached hydrogen (secondary N) is 2. The number of anilines is 1. The van der Waals surface area contributed by atoms with Gasteiger partial charge in [-0.1, -0.05) is 12.1 Å². The Morgan fingerprint density at radius 1 is 1.32 bits per heavy atom. The molecule has 10 heteroatoms. The van der Waals surface area contributed by atoms with Crippen LogP contribution in [0.2, 0.25) is 0 Å². The number of aromatic nitrogens is 5. The zero-order chi connectivity index (χ0) is 21.5. The summed E-state index contributed by atoms with van der Waals surface area (Å²) in [5.74, 6) is 2.13. The number of piperidine rings is 1. The van der Waals surface area contributed by atoms with Crippen molar-refractivity contribution in [2.75, 3.05) is 33.0 Å². The smallest absolute Gasteiger partial charge is 0.317 e. The van der Waals surface area contributed by atoms with Crippen LogP contribution in [0.5, 0.6) is 5.75 Å². The summed E-state index contributed by atoms with van der Waals surface area (Å²) in [5, 5.41) is 8.16. The maximum Gasteiger partial charge on any atom is 0.317 e. The van der Waals surface area contributed by atoms with Crippen molar-refractivity contribution < 1.29 is 9.53 Å². The molecule has 1 saturated heterocycles. The number of likely N-dealkylation sites (tertiary alicyclic amines) is 1. The minimum Gasteiger partial charge on any atom is -0.495 e. The molecule has 5 rings (SSSR count). The number of carbonyl (C=O) groups is 1. The summed E-state index contributed by atoms with van der Waals surface area (Å²) in [6.07, 6.45) is 3.05. The number of benzene rings is 1. The average Bonchev–Trinajstić information content (AvgIpc) is 3.41. The number of ether oxygens (including phenoxy) is 1. The van der Waals surface area contributed by atoms with Crippen LogP contribution in [0.3, 0.4) is 0 Å². The van der Waals surface area contributed by atoms with Crippen LogP contribution in [0.25, 0.3) is 27.8 Å². The lowest BCUT2D eigenvalue weighted by Gasteiger charge is -2.30. The van der Waals surface area contributed by atoms with Gasteiger partial charge in [-0.25, -0.2) is 19.3 Å². The number of H-pyrrole nitrogens is 1. The van der Waals surface area contributed by atoms with Crippen molar-refractivity contribution in [2.24, 2.45) is 0 Å². The third kappa shape index (κ3) is 3.11. The number of fused-ring (bicyclic) bond motifs is 2. The number of nitrogens with two attached hydrogens (primary N) is 1. The van der Waals surface area contributed by atoms with E-state index in [2.05, 4.69) is 20.4 Å². The molecule has 1 aliphatic rings. The Hall–Kier alpha value is -3.82. The zero-order valence-electron chi connectivity index (χ0n) is 17.4. The number of rotatable bonds is 3. The predicted molar refractivity (Wildman–Crippen MR) is 117 cm³/mol. The SMILES string of the molecule is CNC(=O)N1CCC(c2nc(-c3cc4cccc(OC)c4[nH]3)c3c(N)ncnn23)CC1. The molecule has 4 aromatic rings. The number of methoxy groups -OCH3 is 1. The molecule has 2 amide bonds. The molecule has 0 aliphatic carbocycles. The van der Waals surface area contributed by atoms with E-state index in [1.54, 1.807) is 18.7 Å². The standard InChI is InChI=1S/C21H24N8O2/c1-23-21(30)28-8-6-12(7-9-28)20-27-17(18-19(22)24-11-25-29(18)20)14-10-13-4-3-5-15(31-2)16(13)26-14/h3-5,10-12,26H,6-9H2,1-2H3,(H,23,30)(H2,22,24,25). The van der Waals surface area contributed by atoms with Gasteiger partial charge >= 0.3 is 6.03 Å². The van der Waals surface area contributed by atoms with Gasteiger partial charge in [0.05, 0.1) is 18.3 Å². The first-order chi connectivity index (χ1) is 15.1. The number of amides is 2. The normalized spacial score (nSPS) is 15.0. The highest BCUT2D eigenvalue weighted by molar-refractivity contribution is 5.93. The van der Waals surface area contributed by atoms with Crippen molar-refractivity contribution in [2.45, 2.75) is 18.8 Å². The van der Waals surface area contributed by atoms with Crippen LogP contribution in [-0.2, 0) is 0 Å². The van der Waals surface area contributed by atoms with E-state index in [1.807, 2.05) is 29.2 Å². The molecule has 4 N–H and O–H groups in total. The third-order valence-corrected chi connectivity index (χ3v) is 5.94. The van der Waals surface area contributed by atoms with Crippen LogP contribution in [0.15, 0.2) is 30.6 Å². The summed E-state index contributed by atoms with van der Waals surface area (Å²) in [6, 6.07) is 7.87. The van der Waals surface area contributed by atoms with Gasteiger partial charge in [-0.15, -0.1) is 0 Å². The van der Waals surface area contributed by atoms with Gasteiger partial charge in [0.1, 0.15) is 29.1 Å². The van der Waals surface area contributed by atoms with Crippen LogP contribution in [0.1, 0.15) is 24.6 Å². The summed E-state index contributed by atoms with van der Waals surface area (Å²) >= 11 is 0. The second-order valence-electron chi connectivity index (χ2n) is 7.65. The molecule has 0 radical (unpaired) electrons. The Balaban J connectivity index is 1.59. The van der Waals surface area contributed by atoms with Gasteiger partial charge in [-0.2, -0.15) is 5.10 Å². The predicted octanol–water partition coefficient (Wildman–Crippen LogP) is 2.38. The van der Waals surface area contributed by atoms with Crippen LogP contribution >= 0.6 is 0 Å². The molecule has 10 nitrogen and oxygen atoms in total. The monoisotopic (exact) mass is 420 g/mol. The van der Waals surface area contributed by atoms with E-state index in [0.717, 1.165) is 41.0 Å². The molecule has 4 heterocycles. The van der Waals surface area contributed by atoms with Gasteiger partial charge in [-0.05, 0) is 25.0 Å². The average molecular weight is 420 g/mol. The first-order valence-corrected chi connectivity index (χ1v) is 10.2. The topological polar surface area (TPSA) is 126 Å². The maximum atomic E-state index is 11.9. The van der Waals surface area contributed by atoms with Gasteiger partial charge in [-0.3, -0.25) is 0 Å². The number of para-hydroxylation sites is 1. The summed E-state index contributed by atoms with van der Waals surface area (Å²) in [5.41, 5.74) is 9.37. The highest BCUT2D eigenvalue weighted by Crippen LogP contribution is 2.36. The summed E-state index contributed by atoms with van der Waals surface area (Å²) < 4.78 is 7.28. The van der Waals surface area contributed by atoms with E-state index in [-0.39, 0.29) is 11.9 Å². The number of carbonyl (C=O) groups excluding carboxylic acids is 1. The highest BCUT2D eigenvalue weighted by Gasteiger charge is 2.29. The molecule has 0 spiro atoms. The minimum atomic E-state index is -0.0503. The van der Waals surface area contributed by atoms with Crippen LogP contribution in [0.4, 0.5) is 10.6 Å². The Labute approximate surface area is 178 Å². The lowest BCUT2D eigenvalue weighted by atomic mass is 9.96. The first-order valence-electron chi connectivity index (χ1n) is 10.2. The van der Waals surface area contributed by atoms with Crippen molar-refractivity contribution in [3.05, 3.63) is 36.4 Å². The van der Waals surface area contributed by atoms with Crippen LogP contribution in [-0.4, -0.2) is 62.7 Å². The second-order valence-corrected chi connectivity index (χ2v) is 7.65. The highest BCUT2D eigenvalue weighted by atomic mass is 16.5. The number of aromatic amines is 1. The summed E-state index contributed by atoms with van der Waals surface area (Å²) in [7, 11) is 3.30. The molecule has 0 bridgehead atoms.